The van der Waals surface area contributed by atoms with E-state index in [1.807, 2.05) is 12.1 Å². The molecule has 36 heavy (non-hydrogen) atoms. The molecule has 1 atom stereocenters. The summed E-state index contributed by atoms with van der Waals surface area (Å²) in [5, 5.41) is 7.05. The third-order valence-corrected chi connectivity index (χ3v) is 8.45. The Labute approximate surface area is 212 Å². The first-order valence-corrected chi connectivity index (χ1v) is 15.3. The van der Waals surface area contributed by atoms with Crippen molar-refractivity contribution in [2.75, 3.05) is 24.8 Å². The van der Waals surface area contributed by atoms with E-state index in [1.165, 1.54) is 10.1 Å². The molecule has 3 aromatic rings. The maximum Gasteiger partial charge on any atom is 0.254 e. The topological polar surface area (TPSA) is 87.7 Å². The van der Waals surface area contributed by atoms with Gasteiger partial charge in [0.1, 0.15) is 11.8 Å². The molecule has 1 heterocycles. The molecule has 0 bridgehead atoms. The van der Waals surface area contributed by atoms with E-state index in [0.717, 1.165) is 5.56 Å². The minimum atomic E-state index is -1.46. The van der Waals surface area contributed by atoms with Gasteiger partial charge in [-0.25, -0.2) is 0 Å². The normalized spacial score (nSPS) is 13.4. The van der Waals surface area contributed by atoms with Gasteiger partial charge in [-0.15, -0.1) is 0 Å². The first-order valence-electron chi connectivity index (χ1n) is 11.8. The van der Waals surface area contributed by atoms with E-state index in [1.54, 1.807) is 56.6 Å². The highest BCUT2D eigenvalue weighted by Crippen LogP contribution is 2.28. The summed E-state index contributed by atoms with van der Waals surface area (Å²) >= 11 is 0. The van der Waals surface area contributed by atoms with Gasteiger partial charge in [0.2, 0.25) is 5.91 Å². The van der Waals surface area contributed by atoms with Crippen molar-refractivity contribution in [3.8, 4) is 5.75 Å². The molecule has 1 aliphatic heterocycles. The Balaban J connectivity index is 1.63. The third kappa shape index (κ3) is 5.33. The van der Waals surface area contributed by atoms with Crippen molar-refractivity contribution in [2.45, 2.75) is 32.1 Å². The molecule has 186 valence electrons. The van der Waals surface area contributed by atoms with Crippen LogP contribution in [0.1, 0.15) is 27.5 Å². The van der Waals surface area contributed by atoms with Crippen molar-refractivity contribution in [1.82, 2.24) is 4.90 Å². The third-order valence-electron chi connectivity index (χ3n) is 6.38. The molecule has 8 heteroatoms. The molecule has 0 saturated carbocycles. The fourth-order valence-electron chi connectivity index (χ4n) is 4.28. The average molecular weight is 502 g/mol. The molecule has 0 aliphatic carbocycles. The Morgan fingerprint density at radius 3 is 2.28 bits per heavy atom. The van der Waals surface area contributed by atoms with Crippen molar-refractivity contribution in [3.05, 3.63) is 83.4 Å². The lowest BCUT2D eigenvalue weighted by atomic mass is 10.0. The van der Waals surface area contributed by atoms with Crippen LogP contribution in [0.2, 0.25) is 19.6 Å². The number of nitrogens with one attached hydrogen (secondary N) is 2. The van der Waals surface area contributed by atoms with Gasteiger partial charge in [0.25, 0.3) is 11.8 Å². The average Bonchev–Trinajstić information content (AvgIpc) is 3.23. The molecule has 1 aliphatic rings. The number of carbonyl (C=O) groups excluding carboxylic acids is 3. The molecule has 0 aromatic heterocycles. The van der Waals surface area contributed by atoms with E-state index < -0.39 is 14.1 Å². The number of hydrogen-bond donors (Lipinski definition) is 2. The van der Waals surface area contributed by atoms with Gasteiger partial charge in [-0.3, -0.25) is 14.4 Å². The Kier molecular flexibility index (Phi) is 6.99. The summed E-state index contributed by atoms with van der Waals surface area (Å²) in [6.45, 7) is 6.81. The fraction of sp³-hybridized carbons (Fsp3) is 0.250. The number of ether oxygens (including phenoxy) is 1. The minimum Gasteiger partial charge on any atom is -0.497 e. The van der Waals surface area contributed by atoms with Crippen LogP contribution in [0.15, 0.2) is 66.7 Å². The molecule has 3 amide bonds. The molecular formula is C28H31N3O4Si. The van der Waals surface area contributed by atoms with Crippen LogP contribution in [0.4, 0.5) is 11.4 Å². The zero-order valence-corrected chi connectivity index (χ0v) is 22.2. The second kappa shape index (κ2) is 9.99. The largest absolute Gasteiger partial charge is 0.497 e. The number of amides is 3. The maximum absolute atomic E-state index is 13.6. The lowest BCUT2D eigenvalue weighted by molar-refractivity contribution is -0.120. The molecule has 3 aromatic carbocycles. The first-order chi connectivity index (χ1) is 17.1. The second-order valence-electron chi connectivity index (χ2n) is 10.0. The number of anilines is 2. The van der Waals surface area contributed by atoms with Crippen LogP contribution < -0.4 is 20.6 Å². The predicted octanol–water partition coefficient (Wildman–Crippen LogP) is 4.19. The minimum absolute atomic E-state index is 0.0985. The molecule has 7 nitrogen and oxygen atoms in total. The molecule has 0 saturated heterocycles. The molecule has 2 N–H and O–H groups in total. The van der Waals surface area contributed by atoms with Crippen LogP contribution in [-0.4, -0.2) is 44.9 Å². The Morgan fingerprint density at radius 2 is 1.67 bits per heavy atom. The predicted molar refractivity (Wildman–Crippen MR) is 145 cm³/mol. The van der Waals surface area contributed by atoms with Crippen molar-refractivity contribution in [3.63, 3.8) is 0 Å². The van der Waals surface area contributed by atoms with Gasteiger partial charge in [0.05, 0.1) is 21.6 Å². The van der Waals surface area contributed by atoms with Gasteiger partial charge in [0, 0.05) is 24.0 Å². The van der Waals surface area contributed by atoms with Crippen LogP contribution >= 0.6 is 0 Å². The van der Waals surface area contributed by atoms with Crippen molar-refractivity contribution in [2.24, 2.45) is 0 Å². The van der Waals surface area contributed by atoms with E-state index in [0.29, 0.717) is 28.3 Å². The number of benzene rings is 3. The highest BCUT2D eigenvalue weighted by Gasteiger charge is 2.30. The lowest BCUT2D eigenvalue weighted by Crippen LogP contribution is -2.39. The van der Waals surface area contributed by atoms with E-state index >= 15 is 0 Å². The zero-order chi connectivity index (χ0) is 26.0. The van der Waals surface area contributed by atoms with Crippen LogP contribution in [0.5, 0.6) is 5.75 Å². The summed E-state index contributed by atoms with van der Waals surface area (Å²) in [7, 11) is 1.72. The van der Waals surface area contributed by atoms with Gasteiger partial charge >= 0.3 is 0 Å². The molecule has 0 spiro atoms. The number of rotatable bonds is 7. The number of carbonyl (C=O) groups is 3. The van der Waals surface area contributed by atoms with E-state index in [9.17, 15) is 14.4 Å². The second-order valence-corrected chi connectivity index (χ2v) is 15.1. The van der Waals surface area contributed by atoms with Crippen LogP contribution in [-0.2, 0) is 16.0 Å². The summed E-state index contributed by atoms with van der Waals surface area (Å²) in [5.74, 6) is -0.0832. The van der Waals surface area contributed by atoms with Crippen molar-refractivity contribution < 1.29 is 19.1 Å². The Morgan fingerprint density at radius 1 is 1.00 bits per heavy atom. The summed E-state index contributed by atoms with van der Waals surface area (Å²) in [6, 6.07) is 19.2. The summed E-state index contributed by atoms with van der Waals surface area (Å²) in [5.41, 5.74) is 3.22. The van der Waals surface area contributed by atoms with Crippen LogP contribution in [0, 0.1) is 0 Å². The Hall–Kier alpha value is -3.91. The number of likely N-dealkylation sites (N-methyl/N-ethyl adjacent to an activating group) is 1. The van der Waals surface area contributed by atoms with E-state index in [2.05, 4.69) is 42.4 Å². The number of nitrogens with zero attached hydrogens (tertiary/aromatic N) is 1. The number of hydrogen-bond acceptors (Lipinski definition) is 4. The summed E-state index contributed by atoms with van der Waals surface area (Å²) in [6.07, 6.45) is 0.232. The first kappa shape index (κ1) is 25.2. The molecule has 1 unspecified atom stereocenters. The van der Waals surface area contributed by atoms with Crippen LogP contribution in [0.25, 0.3) is 0 Å². The van der Waals surface area contributed by atoms with Gasteiger partial charge in [-0.05, 0) is 53.6 Å². The summed E-state index contributed by atoms with van der Waals surface area (Å²) < 4.78 is 5.26. The Bertz CT molecular complexity index is 1300. The monoisotopic (exact) mass is 501 g/mol. The van der Waals surface area contributed by atoms with Gasteiger partial charge < -0.3 is 20.3 Å². The fourth-order valence-corrected chi connectivity index (χ4v) is 5.45. The summed E-state index contributed by atoms with van der Waals surface area (Å²) in [4.78, 5) is 40.2. The van der Waals surface area contributed by atoms with Crippen molar-refractivity contribution in [1.29, 1.82) is 0 Å². The highest BCUT2D eigenvalue weighted by atomic mass is 28.3. The molecule has 0 fully saturated rings. The molecule has 0 radical (unpaired) electrons. The van der Waals surface area contributed by atoms with Gasteiger partial charge in [-0.2, -0.15) is 0 Å². The van der Waals surface area contributed by atoms with E-state index in [-0.39, 0.29) is 24.1 Å². The zero-order valence-electron chi connectivity index (χ0n) is 21.2. The van der Waals surface area contributed by atoms with Gasteiger partial charge in [0.15, 0.2) is 0 Å². The van der Waals surface area contributed by atoms with E-state index in [4.69, 9.17) is 4.74 Å². The quantitative estimate of drug-likeness (QED) is 0.476. The van der Waals surface area contributed by atoms with Gasteiger partial charge in [-0.1, -0.05) is 49.1 Å². The highest BCUT2D eigenvalue weighted by molar-refractivity contribution is 6.88. The SMILES string of the molecule is COc1ccc(C(C(=O)Nc2ccc([Si](C)(C)C)cc2)N(C)C(=O)c2ccc3c(c2)CC(=O)N3)cc1. The smallest absolute Gasteiger partial charge is 0.254 e. The number of methoxy groups -OCH3 is 1. The molecular weight excluding hydrogens is 470 g/mol. The van der Waals surface area contributed by atoms with Crippen molar-refractivity contribution >= 4 is 42.4 Å². The standard InChI is InChI=1S/C28H31N3O4Si/c1-31(28(34)19-8-15-24-20(16-19)17-25(32)30-24)26(18-6-11-22(35-2)12-7-18)27(33)29-21-9-13-23(14-10-21)36(3,4)5/h6-16,26H,17H2,1-5H3,(H,29,33)(H,30,32). The van der Waals surface area contributed by atoms with Crippen LogP contribution in [0.3, 0.4) is 0 Å². The number of fused-ring (bicyclic) bond motifs is 1. The lowest BCUT2D eigenvalue weighted by Gasteiger charge is -2.28. The maximum atomic E-state index is 13.6. The molecule has 4 rings (SSSR count).